The third-order valence-electron chi connectivity index (χ3n) is 1.96. The van der Waals surface area contributed by atoms with Crippen molar-refractivity contribution in [1.82, 2.24) is 10.9 Å². The highest BCUT2D eigenvalue weighted by Crippen LogP contribution is 2.10. The fourth-order valence-electron chi connectivity index (χ4n) is 1.30. The lowest BCUT2D eigenvalue weighted by Gasteiger charge is -2.09. The average Bonchev–Trinajstić information content (AvgIpc) is 1.99. The van der Waals surface area contributed by atoms with Crippen LogP contribution in [0.4, 0.5) is 0 Å². The van der Waals surface area contributed by atoms with Crippen LogP contribution in [-0.4, -0.2) is 13.6 Å². The fraction of sp³-hybridized carbons (Fsp3) is 1.00. The molecule has 0 amide bonds. The first-order valence-corrected chi connectivity index (χ1v) is 4.70. The minimum atomic E-state index is 0.902. The van der Waals surface area contributed by atoms with Crippen molar-refractivity contribution >= 4 is 0 Å². The van der Waals surface area contributed by atoms with E-state index in [9.17, 15) is 0 Å². The minimum absolute atomic E-state index is 0.902. The van der Waals surface area contributed by atoms with Gasteiger partial charge in [0.05, 0.1) is 0 Å². The van der Waals surface area contributed by atoms with Crippen LogP contribution in [0.5, 0.6) is 0 Å². The summed E-state index contributed by atoms with van der Waals surface area (Å²) in [6.45, 7) is 5.68. The molecule has 0 aliphatic heterocycles. The topological polar surface area (TPSA) is 24.1 Å². The molecule has 0 fully saturated rings. The molecule has 2 nitrogen and oxygen atoms in total. The third kappa shape index (κ3) is 7.82. The van der Waals surface area contributed by atoms with Crippen molar-refractivity contribution in [3.8, 4) is 0 Å². The van der Waals surface area contributed by atoms with E-state index in [2.05, 4.69) is 24.7 Å². The van der Waals surface area contributed by atoms with E-state index in [1.165, 1.54) is 25.7 Å². The molecule has 68 valence electrons. The lowest BCUT2D eigenvalue weighted by molar-refractivity contribution is 0.449. The summed E-state index contributed by atoms with van der Waals surface area (Å²) in [6.07, 6.45) is 5.32. The molecule has 0 saturated carbocycles. The van der Waals surface area contributed by atoms with Crippen molar-refractivity contribution in [3.05, 3.63) is 0 Å². The largest absolute Gasteiger partial charge is 0.261 e. The minimum Gasteiger partial charge on any atom is -0.261 e. The van der Waals surface area contributed by atoms with Gasteiger partial charge in [-0.3, -0.25) is 10.9 Å². The Morgan fingerprint density at radius 2 is 2.00 bits per heavy atom. The lowest BCUT2D eigenvalue weighted by atomic mass is 10.0. The third-order valence-corrected chi connectivity index (χ3v) is 1.96. The zero-order valence-corrected chi connectivity index (χ0v) is 8.11. The first-order chi connectivity index (χ1) is 5.31. The second-order valence-electron chi connectivity index (χ2n) is 3.21. The summed E-state index contributed by atoms with van der Waals surface area (Å²) in [5, 5.41) is 0. The summed E-state index contributed by atoms with van der Waals surface area (Å²) >= 11 is 0. The smallest absolute Gasteiger partial charge is 0.00997 e. The predicted octanol–water partition coefficient (Wildman–Crippen LogP) is 1.93. The van der Waals surface area contributed by atoms with E-state index in [1.807, 2.05) is 7.05 Å². The molecule has 0 spiro atoms. The Kier molecular flexibility index (Phi) is 7.96. The highest BCUT2D eigenvalue weighted by Gasteiger charge is 1.98. The maximum absolute atomic E-state index is 3.10. The van der Waals surface area contributed by atoms with Crippen LogP contribution in [-0.2, 0) is 0 Å². The van der Waals surface area contributed by atoms with Gasteiger partial charge in [0.15, 0.2) is 0 Å². The molecule has 0 heterocycles. The number of hydrogen-bond donors (Lipinski definition) is 2. The Bertz CT molecular complexity index is 74.0. The van der Waals surface area contributed by atoms with Gasteiger partial charge < -0.3 is 0 Å². The Morgan fingerprint density at radius 1 is 1.27 bits per heavy atom. The Balaban J connectivity index is 2.97. The van der Waals surface area contributed by atoms with E-state index in [1.54, 1.807) is 0 Å². The molecule has 0 unspecified atom stereocenters. The number of rotatable bonds is 7. The molecule has 0 aromatic carbocycles. The van der Waals surface area contributed by atoms with Crippen LogP contribution < -0.4 is 10.9 Å². The zero-order chi connectivity index (χ0) is 8.53. The van der Waals surface area contributed by atoms with Gasteiger partial charge in [-0.25, -0.2) is 0 Å². The van der Waals surface area contributed by atoms with Crippen molar-refractivity contribution in [1.29, 1.82) is 0 Å². The number of hydrazine groups is 1. The van der Waals surface area contributed by atoms with Gasteiger partial charge in [-0.05, 0) is 25.8 Å². The van der Waals surface area contributed by atoms with Crippen LogP contribution in [0.3, 0.4) is 0 Å². The van der Waals surface area contributed by atoms with Crippen LogP contribution in [0.2, 0.25) is 0 Å². The molecule has 0 aromatic heterocycles. The normalized spacial score (nSPS) is 13.4. The van der Waals surface area contributed by atoms with Gasteiger partial charge in [0, 0.05) is 6.54 Å². The maximum atomic E-state index is 3.10. The second kappa shape index (κ2) is 8.02. The van der Waals surface area contributed by atoms with Gasteiger partial charge in [0.2, 0.25) is 0 Å². The molecule has 0 aliphatic rings. The van der Waals surface area contributed by atoms with E-state index >= 15 is 0 Å². The molecule has 0 radical (unpaired) electrons. The van der Waals surface area contributed by atoms with E-state index in [0.717, 1.165) is 12.5 Å². The zero-order valence-electron chi connectivity index (χ0n) is 8.11. The summed E-state index contributed by atoms with van der Waals surface area (Å²) in [6, 6.07) is 0. The van der Waals surface area contributed by atoms with E-state index in [4.69, 9.17) is 0 Å². The molecule has 2 heteroatoms. The summed E-state index contributed by atoms with van der Waals surface area (Å²) < 4.78 is 0. The van der Waals surface area contributed by atoms with Crippen molar-refractivity contribution in [3.63, 3.8) is 0 Å². The molecule has 11 heavy (non-hydrogen) atoms. The summed E-state index contributed by atoms with van der Waals surface area (Å²) in [5.41, 5.74) is 6.02. The molecular weight excluding hydrogens is 136 g/mol. The highest BCUT2D eigenvalue weighted by atomic mass is 15.3. The lowest BCUT2D eigenvalue weighted by Crippen LogP contribution is -2.28. The van der Waals surface area contributed by atoms with E-state index < -0.39 is 0 Å². The number of hydrogen-bond acceptors (Lipinski definition) is 2. The van der Waals surface area contributed by atoms with Crippen LogP contribution in [0.15, 0.2) is 0 Å². The van der Waals surface area contributed by atoms with Crippen molar-refractivity contribution < 1.29 is 0 Å². The van der Waals surface area contributed by atoms with E-state index in [-0.39, 0.29) is 0 Å². The van der Waals surface area contributed by atoms with Crippen LogP contribution in [0, 0.1) is 5.92 Å². The Hall–Kier alpha value is -0.0800. The van der Waals surface area contributed by atoms with Crippen molar-refractivity contribution in [2.75, 3.05) is 13.6 Å². The van der Waals surface area contributed by atoms with Gasteiger partial charge >= 0.3 is 0 Å². The highest BCUT2D eigenvalue weighted by molar-refractivity contribution is 4.52. The summed E-state index contributed by atoms with van der Waals surface area (Å²) in [5.74, 6) is 0.902. The molecule has 1 atom stereocenters. The molecule has 0 rings (SSSR count). The standard InChI is InChI=1S/C9H22N2/c1-4-6-9(2)7-5-8-11-10-3/h9-11H,4-8H2,1-3H3/t9-/m1/s1. The SMILES string of the molecule is CCC[C@@H](C)CCCNNC. The van der Waals surface area contributed by atoms with Gasteiger partial charge in [-0.1, -0.05) is 26.7 Å². The molecule has 0 bridgehead atoms. The van der Waals surface area contributed by atoms with E-state index in [0.29, 0.717) is 0 Å². The average molecular weight is 158 g/mol. The summed E-state index contributed by atoms with van der Waals surface area (Å²) in [7, 11) is 1.91. The number of nitrogens with one attached hydrogen (secondary N) is 2. The molecule has 0 saturated heterocycles. The van der Waals surface area contributed by atoms with Gasteiger partial charge in [-0.2, -0.15) is 0 Å². The molecule has 0 aliphatic carbocycles. The van der Waals surface area contributed by atoms with Crippen molar-refractivity contribution in [2.45, 2.75) is 39.5 Å². The Labute approximate surface area is 70.7 Å². The van der Waals surface area contributed by atoms with Gasteiger partial charge in [0.25, 0.3) is 0 Å². The van der Waals surface area contributed by atoms with Gasteiger partial charge in [-0.15, -0.1) is 0 Å². The fourth-order valence-corrected chi connectivity index (χ4v) is 1.30. The second-order valence-corrected chi connectivity index (χ2v) is 3.21. The van der Waals surface area contributed by atoms with Crippen LogP contribution in [0.1, 0.15) is 39.5 Å². The molecule has 2 N–H and O–H groups in total. The van der Waals surface area contributed by atoms with Crippen LogP contribution >= 0.6 is 0 Å². The molecular formula is C9H22N2. The first-order valence-electron chi connectivity index (χ1n) is 4.70. The van der Waals surface area contributed by atoms with Crippen molar-refractivity contribution in [2.24, 2.45) is 5.92 Å². The monoisotopic (exact) mass is 158 g/mol. The predicted molar refractivity (Wildman–Crippen MR) is 50.4 cm³/mol. The first kappa shape index (κ1) is 10.9. The quantitative estimate of drug-likeness (QED) is 0.437. The maximum Gasteiger partial charge on any atom is 0.00997 e. The van der Waals surface area contributed by atoms with Crippen LogP contribution in [0.25, 0.3) is 0 Å². The molecule has 0 aromatic rings. The Morgan fingerprint density at radius 3 is 2.55 bits per heavy atom. The summed E-state index contributed by atoms with van der Waals surface area (Å²) in [4.78, 5) is 0. The van der Waals surface area contributed by atoms with Gasteiger partial charge in [0.1, 0.15) is 0 Å².